The minimum Gasteiger partial charge on any atom is -0.342 e. The Kier molecular flexibility index (Phi) is 1.86. The summed E-state index contributed by atoms with van der Waals surface area (Å²) in [6, 6.07) is 0. The summed E-state index contributed by atoms with van der Waals surface area (Å²) in [6.45, 7) is 1.45. The molecule has 3 rings (SSSR count). The van der Waals surface area contributed by atoms with E-state index in [0.717, 1.165) is 13.1 Å². The molecule has 3 aliphatic rings. The Labute approximate surface area is 87.6 Å². The third-order valence-corrected chi connectivity index (χ3v) is 4.04. The number of alkyl halides is 2. The van der Waals surface area contributed by atoms with Crippen LogP contribution in [0.3, 0.4) is 0 Å². The fourth-order valence-electron chi connectivity index (χ4n) is 3.09. The van der Waals surface area contributed by atoms with Gasteiger partial charge in [0.25, 0.3) is 5.92 Å². The molecule has 1 unspecified atom stereocenters. The summed E-state index contributed by atoms with van der Waals surface area (Å²) in [4.78, 5) is 13.4. The van der Waals surface area contributed by atoms with Gasteiger partial charge in [-0.05, 0) is 31.1 Å². The van der Waals surface area contributed by atoms with Crippen LogP contribution in [0.1, 0.15) is 25.7 Å². The van der Waals surface area contributed by atoms with Crippen molar-refractivity contribution in [1.82, 2.24) is 4.90 Å². The van der Waals surface area contributed by atoms with Crippen LogP contribution in [-0.2, 0) is 4.79 Å². The van der Waals surface area contributed by atoms with E-state index in [0.29, 0.717) is 11.8 Å². The van der Waals surface area contributed by atoms with Crippen molar-refractivity contribution < 1.29 is 13.6 Å². The Hall–Kier alpha value is -0.670. The van der Waals surface area contributed by atoms with E-state index in [-0.39, 0.29) is 12.3 Å². The Morgan fingerprint density at radius 3 is 2.20 bits per heavy atom. The molecule has 0 aromatic rings. The van der Waals surface area contributed by atoms with Crippen LogP contribution < -0.4 is 0 Å². The van der Waals surface area contributed by atoms with E-state index in [1.165, 1.54) is 19.3 Å². The van der Waals surface area contributed by atoms with Gasteiger partial charge in [0, 0.05) is 19.5 Å². The zero-order valence-corrected chi connectivity index (χ0v) is 8.59. The predicted molar refractivity (Wildman–Crippen MR) is 50.5 cm³/mol. The number of carbonyl (C=O) groups is 1. The fraction of sp³-hybridized carbons (Fsp3) is 0.909. The SMILES string of the molecule is O=C(C1CC1(F)F)N1C[C@@H]2CC[C@@H](C2)C1. The normalized spacial score (nSPS) is 41.7. The van der Waals surface area contributed by atoms with E-state index in [1.54, 1.807) is 4.90 Å². The maximum absolute atomic E-state index is 12.8. The van der Waals surface area contributed by atoms with Crippen molar-refractivity contribution in [2.75, 3.05) is 13.1 Å². The summed E-state index contributed by atoms with van der Waals surface area (Å²) < 4.78 is 25.5. The summed E-state index contributed by atoms with van der Waals surface area (Å²) in [5.41, 5.74) is 0. The van der Waals surface area contributed by atoms with Gasteiger partial charge in [-0.1, -0.05) is 0 Å². The van der Waals surface area contributed by atoms with Crippen LogP contribution in [0.5, 0.6) is 0 Å². The summed E-state index contributed by atoms with van der Waals surface area (Å²) >= 11 is 0. The van der Waals surface area contributed by atoms with Gasteiger partial charge in [0.1, 0.15) is 5.92 Å². The second kappa shape index (κ2) is 2.92. The molecule has 15 heavy (non-hydrogen) atoms. The zero-order chi connectivity index (χ0) is 10.6. The average molecular weight is 215 g/mol. The van der Waals surface area contributed by atoms with Crippen LogP contribution in [-0.4, -0.2) is 29.8 Å². The lowest BCUT2D eigenvalue weighted by molar-refractivity contribution is -0.137. The zero-order valence-electron chi connectivity index (χ0n) is 8.59. The Bertz CT molecular complexity index is 293. The highest BCUT2D eigenvalue weighted by Gasteiger charge is 2.62. The molecule has 1 heterocycles. The first-order valence-corrected chi connectivity index (χ1v) is 5.73. The highest BCUT2D eigenvalue weighted by molar-refractivity contribution is 5.83. The number of hydrogen-bond donors (Lipinski definition) is 0. The number of fused-ring (bicyclic) bond motifs is 2. The number of piperidine rings is 1. The third kappa shape index (κ3) is 1.54. The van der Waals surface area contributed by atoms with Crippen LogP contribution in [0.25, 0.3) is 0 Å². The maximum atomic E-state index is 12.8. The topological polar surface area (TPSA) is 20.3 Å². The summed E-state index contributed by atoms with van der Waals surface area (Å²) in [5.74, 6) is -2.82. The van der Waals surface area contributed by atoms with E-state index in [4.69, 9.17) is 0 Å². The molecule has 4 heteroatoms. The van der Waals surface area contributed by atoms with Crippen molar-refractivity contribution in [3.63, 3.8) is 0 Å². The summed E-state index contributed by atoms with van der Waals surface area (Å²) in [5, 5.41) is 0. The van der Waals surface area contributed by atoms with Crippen LogP contribution in [0, 0.1) is 17.8 Å². The number of hydrogen-bond acceptors (Lipinski definition) is 1. The molecular weight excluding hydrogens is 200 g/mol. The fourth-order valence-corrected chi connectivity index (χ4v) is 3.09. The number of amides is 1. The Morgan fingerprint density at radius 1 is 1.20 bits per heavy atom. The predicted octanol–water partition coefficient (Wildman–Crippen LogP) is 1.90. The molecule has 2 nitrogen and oxygen atoms in total. The minimum absolute atomic E-state index is 0.225. The van der Waals surface area contributed by atoms with Crippen molar-refractivity contribution in [3.05, 3.63) is 0 Å². The molecule has 3 fully saturated rings. The lowest BCUT2D eigenvalue weighted by atomic mass is 9.98. The largest absolute Gasteiger partial charge is 0.342 e. The molecule has 2 aliphatic carbocycles. The molecule has 1 saturated heterocycles. The molecule has 0 spiro atoms. The molecular formula is C11H15F2NO. The van der Waals surface area contributed by atoms with Crippen LogP contribution in [0.2, 0.25) is 0 Å². The second-order valence-electron chi connectivity index (χ2n) is 5.31. The highest BCUT2D eigenvalue weighted by atomic mass is 19.3. The molecule has 1 amide bonds. The average Bonchev–Trinajstić information content (AvgIpc) is 2.70. The Morgan fingerprint density at radius 2 is 1.73 bits per heavy atom. The lowest BCUT2D eigenvalue weighted by Gasteiger charge is -2.31. The van der Waals surface area contributed by atoms with Crippen molar-refractivity contribution in [2.24, 2.45) is 17.8 Å². The minimum atomic E-state index is -2.70. The van der Waals surface area contributed by atoms with Gasteiger partial charge in [-0.2, -0.15) is 0 Å². The second-order valence-corrected chi connectivity index (χ2v) is 5.31. The van der Waals surface area contributed by atoms with Crippen LogP contribution in [0.15, 0.2) is 0 Å². The van der Waals surface area contributed by atoms with Gasteiger partial charge in [-0.25, -0.2) is 8.78 Å². The number of carbonyl (C=O) groups excluding carboxylic acids is 1. The number of likely N-dealkylation sites (tertiary alicyclic amines) is 1. The first kappa shape index (κ1) is 9.55. The molecule has 3 atom stereocenters. The lowest BCUT2D eigenvalue weighted by Crippen LogP contribution is -2.42. The van der Waals surface area contributed by atoms with Crippen LogP contribution >= 0.6 is 0 Å². The molecule has 84 valence electrons. The van der Waals surface area contributed by atoms with E-state index in [9.17, 15) is 13.6 Å². The number of halogens is 2. The molecule has 2 saturated carbocycles. The van der Waals surface area contributed by atoms with E-state index in [1.807, 2.05) is 0 Å². The van der Waals surface area contributed by atoms with Gasteiger partial charge in [-0.3, -0.25) is 4.79 Å². The van der Waals surface area contributed by atoms with Gasteiger partial charge in [0.15, 0.2) is 0 Å². The third-order valence-electron chi connectivity index (χ3n) is 4.04. The van der Waals surface area contributed by atoms with Crippen molar-refractivity contribution in [1.29, 1.82) is 0 Å². The first-order chi connectivity index (χ1) is 7.06. The first-order valence-electron chi connectivity index (χ1n) is 5.73. The molecule has 0 aromatic carbocycles. The molecule has 0 N–H and O–H groups in total. The van der Waals surface area contributed by atoms with Crippen LogP contribution in [0.4, 0.5) is 8.78 Å². The molecule has 1 aliphatic heterocycles. The van der Waals surface area contributed by atoms with Crippen molar-refractivity contribution >= 4 is 5.91 Å². The summed E-state index contributed by atoms with van der Waals surface area (Å²) in [7, 11) is 0. The van der Waals surface area contributed by atoms with Gasteiger partial charge in [0.2, 0.25) is 5.91 Å². The molecule has 0 radical (unpaired) electrons. The van der Waals surface area contributed by atoms with E-state index in [2.05, 4.69) is 0 Å². The van der Waals surface area contributed by atoms with Gasteiger partial charge in [-0.15, -0.1) is 0 Å². The van der Waals surface area contributed by atoms with Gasteiger partial charge < -0.3 is 4.90 Å². The quantitative estimate of drug-likeness (QED) is 0.654. The number of rotatable bonds is 1. The molecule has 2 bridgehead atoms. The van der Waals surface area contributed by atoms with E-state index >= 15 is 0 Å². The summed E-state index contributed by atoms with van der Waals surface area (Å²) in [6.07, 6.45) is 3.33. The Balaban J connectivity index is 1.66. The number of nitrogens with zero attached hydrogens (tertiary/aromatic N) is 1. The van der Waals surface area contributed by atoms with Crippen molar-refractivity contribution in [3.8, 4) is 0 Å². The van der Waals surface area contributed by atoms with Crippen molar-refractivity contribution in [2.45, 2.75) is 31.6 Å². The molecule has 0 aromatic heterocycles. The highest BCUT2D eigenvalue weighted by Crippen LogP contribution is 2.50. The maximum Gasteiger partial charge on any atom is 0.260 e. The monoisotopic (exact) mass is 215 g/mol. The van der Waals surface area contributed by atoms with Gasteiger partial charge in [0.05, 0.1) is 0 Å². The van der Waals surface area contributed by atoms with E-state index < -0.39 is 11.8 Å². The standard InChI is InChI=1S/C11H15F2NO/c12-11(13)4-9(11)10(15)14-5-7-1-2-8(3-7)6-14/h7-9H,1-6H2/t7-,8+,9?. The van der Waals surface area contributed by atoms with Gasteiger partial charge >= 0.3 is 0 Å². The smallest absolute Gasteiger partial charge is 0.260 e.